The Morgan fingerprint density at radius 3 is 2.37 bits per heavy atom. The summed E-state index contributed by atoms with van der Waals surface area (Å²) in [5, 5.41) is 3.92. The van der Waals surface area contributed by atoms with Crippen molar-refractivity contribution in [2.24, 2.45) is 0 Å². The van der Waals surface area contributed by atoms with E-state index in [2.05, 4.69) is 10.7 Å². The van der Waals surface area contributed by atoms with Gasteiger partial charge in [0.2, 0.25) is 5.91 Å². The van der Waals surface area contributed by atoms with Crippen molar-refractivity contribution in [3.8, 4) is 5.75 Å². The van der Waals surface area contributed by atoms with Crippen LogP contribution in [0.1, 0.15) is 13.3 Å². The number of para-hydroxylation sites is 1. The molecular weight excluding hydrogens is 346 g/mol. The SMILES string of the molecule is COc1ccc(NC(=O)C/C(C)=C2/C(=O)NN(c3ccccc3)C2=O)cc1. The number of rotatable bonds is 5. The fourth-order valence-corrected chi connectivity index (χ4v) is 2.76. The number of nitrogens with zero attached hydrogens (tertiary/aromatic N) is 1. The standard InChI is InChI=1S/C20H19N3O4/c1-13(12-17(24)21-14-8-10-16(27-2)11-9-14)18-19(25)22-23(20(18)26)15-6-4-3-5-7-15/h3-11H,12H2,1-2H3,(H,21,24)(H,22,25)/b18-13-. The lowest BCUT2D eigenvalue weighted by Crippen LogP contribution is -2.35. The quantitative estimate of drug-likeness (QED) is 0.629. The Bertz CT molecular complexity index is 905. The molecule has 0 radical (unpaired) electrons. The molecule has 1 aliphatic heterocycles. The minimum absolute atomic E-state index is 0.0104. The molecule has 0 saturated carbocycles. The van der Waals surface area contributed by atoms with Crippen molar-refractivity contribution < 1.29 is 19.1 Å². The summed E-state index contributed by atoms with van der Waals surface area (Å²) < 4.78 is 5.07. The van der Waals surface area contributed by atoms with Crippen LogP contribution in [-0.4, -0.2) is 24.8 Å². The number of carbonyl (C=O) groups is 3. The van der Waals surface area contributed by atoms with Gasteiger partial charge in [0, 0.05) is 12.1 Å². The molecular formula is C20H19N3O4. The van der Waals surface area contributed by atoms with Gasteiger partial charge in [-0.3, -0.25) is 19.8 Å². The molecule has 0 atom stereocenters. The summed E-state index contributed by atoms with van der Waals surface area (Å²) in [6.45, 7) is 1.61. The number of carbonyl (C=O) groups excluding carboxylic acids is 3. The Hall–Kier alpha value is -3.61. The lowest BCUT2D eigenvalue weighted by molar-refractivity contribution is -0.117. The van der Waals surface area contributed by atoms with E-state index in [1.54, 1.807) is 62.6 Å². The van der Waals surface area contributed by atoms with Gasteiger partial charge in [-0.25, -0.2) is 5.01 Å². The Morgan fingerprint density at radius 2 is 1.74 bits per heavy atom. The fourth-order valence-electron chi connectivity index (χ4n) is 2.76. The Kier molecular flexibility index (Phi) is 5.21. The monoisotopic (exact) mass is 365 g/mol. The van der Waals surface area contributed by atoms with E-state index in [0.717, 1.165) is 0 Å². The number of hydrogen-bond donors (Lipinski definition) is 2. The molecule has 2 N–H and O–H groups in total. The van der Waals surface area contributed by atoms with E-state index in [9.17, 15) is 14.4 Å². The zero-order valence-corrected chi connectivity index (χ0v) is 15.0. The van der Waals surface area contributed by atoms with Gasteiger partial charge in [0.15, 0.2) is 0 Å². The molecule has 1 saturated heterocycles. The maximum absolute atomic E-state index is 12.6. The van der Waals surface area contributed by atoms with Crippen LogP contribution in [-0.2, 0) is 14.4 Å². The lowest BCUT2D eigenvalue weighted by Gasteiger charge is -2.14. The first-order valence-corrected chi connectivity index (χ1v) is 8.33. The van der Waals surface area contributed by atoms with Gasteiger partial charge >= 0.3 is 0 Å². The molecule has 3 amide bonds. The van der Waals surface area contributed by atoms with E-state index < -0.39 is 11.8 Å². The minimum atomic E-state index is -0.515. The summed E-state index contributed by atoms with van der Waals surface area (Å²) >= 11 is 0. The Labute approximate surface area is 156 Å². The van der Waals surface area contributed by atoms with Gasteiger partial charge in [-0.05, 0) is 48.9 Å². The minimum Gasteiger partial charge on any atom is -0.497 e. The van der Waals surface area contributed by atoms with E-state index in [1.807, 2.05) is 6.07 Å². The van der Waals surface area contributed by atoms with Gasteiger partial charge in [0.25, 0.3) is 11.8 Å². The summed E-state index contributed by atoms with van der Waals surface area (Å²) in [5.74, 6) is -0.621. The Balaban J connectivity index is 1.72. The molecule has 7 nitrogen and oxygen atoms in total. The van der Waals surface area contributed by atoms with Crippen LogP contribution in [0.5, 0.6) is 5.75 Å². The summed E-state index contributed by atoms with van der Waals surface area (Å²) in [5.41, 5.74) is 4.08. The highest BCUT2D eigenvalue weighted by Crippen LogP contribution is 2.23. The predicted molar refractivity (Wildman–Crippen MR) is 101 cm³/mol. The number of amides is 3. The molecule has 0 unspecified atom stereocenters. The fraction of sp³-hybridized carbons (Fsp3) is 0.150. The molecule has 1 aliphatic rings. The Morgan fingerprint density at radius 1 is 1.07 bits per heavy atom. The van der Waals surface area contributed by atoms with E-state index in [0.29, 0.717) is 22.7 Å². The van der Waals surface area contributed by atoms with Gasteiger partial charge in [-0.2, -0.15) is 0 Å². The van der Waals surface area contributed by atoms with E-state index >= 15 is 0 Å². The smallest absolute Gasteiger partial charge is 0.282 e. The average Bonchev–Trinajstić information content (AvgIpc) is 2.97. The van der Waals surface area contributed by atoms with Gasteiger partial charge in [0.1, 0.15) is 11.3 Å². The van der Waals surface area contributed by atoms with Crippen LogP contribution in [0.15, 0.2) is 65.7 Å². The number of hydrazine groups is 1. The largest absolute Gasteiger partial charge is 0.497 e. The molecule has 0 aliphatic carbocycles. The van der Waals surface area contributed by atoms with Gasteiger partial charge in [-0.15, -0.1) is 0 Å². The highest BCUT2D eigenvalue weighted by atomic mass is 16.5. The first kappa shape index (κ1) is 18.2. The maximum atomic E-state index is 12.6. The predicted octanol–water partition coefficient (Wildman–Crippen LogP) is 2.42. The third-order valence-electron chi connectivity index (χ3n) is 4.10. The molecule has 2 aromatic rings. The van der Waals surface area contributed by atoms with Crippen LogP contribution in [0.25, 0.3) is 0 Å². The van der Waals surface area contributed by atoms with Gasteiger partial charge < -0.3 is 10.1 Å². The van der Waals surface area contributed by atoms with Crippen LogP contribution in [0, 0.1) is 0 Å². The molecule has 7 heteroatoms. The molecule has 0 bridgehead atoms. The van der Waals surface area contributed by atoms with Crippen LogP contribution < -0.4 is 20.5 Å². The van der Waals surface area contributed by atoms with Crippen molar-refractivity contribution in [2.45, 2.75) is 13.3 Å². The zero-order valence-electron chi connectivity index (χ0n) is 15.0. The molecule has 1 heterocycles. The highest BCUT2D eigenvalue weighted by molar-refractivity contribution is 6.29. The topological polar surface area (TPSA) is 87.7 Å². The third-order valence-corrected chi connectivity index (χ3v) is 4.10. The highest BCUT2D eigenvalue weighted by Gasteiger charge is 2.36. The first-order valence-electron chi connectivity index (χ1n) is 8.33. The normalized spacial score (nSPS) is 15.4. The molecule has 138 valence electrons. The maximum Gasteiger partial charge on any atom is 0.282 e. The summed E-state index contributed by atoms with van der Waals surface area (Å²) in [7, 11) is 1.56. The molecule has 3 rings (SSSR count). The van der Waals surface area contributed by atoms with Crippen molar-refractivity contribution >= 4 is 29.1 Å². The number of benzene rings is 2. The molecule has 1 fully saturated rings. The third kappa shape index (κ3) is 3.98. The zero-order chi connectivity index (χ0) is 19.4. The first-order chi connectivity index (χ1) is 13.0. The van der Waals surface area contributed by atoms with E-state index in [1.165, 1.54) is 5.01 Å². The molecule has 0 spiro atoms. The lowest BCUT2D eigenvalue weighted by atomic mass is 10.1. The summed E-state index contributed by atoms with van der Waals surface area (Å²) in [6.07, 6.45) is -0.0663. The van der Waals surface area contributed by atoms with Gasteiger partial charge in [-0.1, -0.05) is 18.2 Å². The number of nitrogens with one attached hydrogen (secondary N) is 2. The molecule has 27 heavy (non-hydrogen) atoms. The average molecular weight is 365 g/mol. The number of methoxy groups -OCH3 is 1. The van der Waals surface area contributed by atoms with Crippen LogP contribution in [0.2, 0.25) is 0 Å². The van der Waals surface area contributed by atoms with Crippen LogP contribution in [0.4, 0.5) is 11.4 Å². The van der Waals surface area contributed by atoms with Crippen LogP contribution in [0.3, 0.4) is 0 Å². The molecule has 2 aromatic carbocycles. The number of anilines is 2. The van der Waals surface area contributed by atoms with Crippen LogP contribution >= 0.6 is 0 Å². The van der Waals surface area contributed by atoms with Gasteiger partial charge in [0.05, 0.1) is 12.8 Å². The number of hydrogen-bond acceptors (Lipinski definition) is 4. The van der Waals surface area contributed by atoms with Crippen molar-refractivity contribution in [1.29, 1.82) is 0 Å². The molecule has 0 aromatic heterocycles. The summed E-state index contributed by atoms with van der Waals surface area (Å²) in [4.78, 5) is 37.1. The van der Waals surface area contributed by atoms with Crippen molar-refractivity contribution in [3.63, 3.8) is 0 Å². The summed E-state index contributed by atoms with van der Waals surface area (Å²) in [6, 6.07) is 15.7. The van der Waals surface area contributed by atoms with E-state index in [4.69, 9.17) is 4.74 Å². The van der Waals surface area contributed by atoms with Crippen molar-refractivity contribution in [3.05, 3.63) is 65.7 Å². The van der Waals surface area contributed by atoms with Crippen molar-refractivity contribution in [2.75, 3.05) is 17.4 Å². The second kappa shape index (κ2) is 7.74. The number of ether oxygens (including phenoxy) is 1. The second-order valence-corrected chi connectivity index (χ2v) is 6.03. The van der Waals surface area contributed by atoms with Crippen molar-refractivity contribution in [1.82, 2.24) is 5.43 Å². The van der Waals surface area contributed by atoms with E-state index in [-0.39, 0.29) is 17.9 Å². The second-order valence-electron chi connectivity index (χ2n) is 6.03.